The molecule has 5 heteroatoms. The smallest absolute Gasteiger partial charge is 0.254 e. The first kappa shape index (κ1) is 13.8. The van der Waals surface area contributed by atoms with Crippen molar-refractivity contribution in [3.8, 4) is 5.75 Å². The number of likely N-dealkylation sites (tertiary alicyclic amines) is 1. The van der Waals surface area contributed by atoms with E-state index in [1.807, 2.05) is 0 Å². The normalized spacial score (nSPS) is 19.3. The summed E-state index contributed by atoms with van der Waals surface area (Å²) in [6.45, 7) is 1.17. The summed E-state index contributed by atoms with van der Waals surface area (Å²) in [7, 11) is 1.39. The molecular formula is C14H19FN2O2. The van der Waals surface area contributed by atoms with Gasteiger partial charge >= 0.3 is 0 Å². The minimum absolute atomic E-state index is 0.0808. The van der Waals surface area contributed by atoms with E-state index < -0.39 is 5.82 Å². The van der Waals surface area contributed by atoms with E-state index >= 15 is 0 Å². The maximum Gasteiger partial charge on any atom is 0.254 e. The monoisotopic (exact) mass is 266 g/mol. The lowest BCUT2D eigenvalue weighted by Crippen LogP contribution is -2.47. The number of halogens is 1. The standard InChI is InChI=1S/C14H19FN2O2/c1-19-13-8-10(5-6-12(13)15)14(18)17-7-3-2-4-11(17)9-16/h5-6,8,11H,2-4,7,9,16H2,1H3. The summed E-state index contributed by atoms with van der Waals surface area (Å²) in [5.41, 5.74) is 6.15. The minimum atomic E-state index is -0.465. The molecule has 19 heavy (non-hydrogen) atoms. The Hall–Kier alpha value is -1.62. The molecule has 0 spiro atoms. The van der Waals surface area contributed by atoms with Crippen LogP contribution in [0.3, 0.4) is 0 Å². The summed E-state index contributed by atoms with van der Waals surface area (Å²) in [5, 5.41) is 0. The van der Waals surface area contributed by atoms with Crippen molar-refractivity contribution in [3.05, 3.63) is 29.6 Å². The molecule has 1 aliphatic heterocycles. The fourth-order valence-corrected chi connectivity index (χ4v) is 2.47. The van der Waals surface area contributed by atoms with Gasteiger partial charge in [0, 0.05) is 24.7 Å². The number of rotatable bonds is 3. The van der Waals surface area contributed by atoms with Crippen molar-refractivity contribution in [2.75, 3.05) is 20.2 Å². The lowest BCUT2D eigenvalue weighted by Gasteiger charge is -2.35. The van der Waals surface area contributed by atoms with Gasteiger partial charge in [-0.2, -0.15) is 0 Å². The summed E-state index contributed by atoms with van der Waals surface area (Å²) >= 11 is 0. The fraction of sp³-hybridized carbons (Fsp3) is 0.500. The molecule has 0 aliphatic carbocycles. The Morgan fingerprint density at radius 1 is 1.53 bits per heavy atom. The van der Waals surface area contributed by atoms with Gasteiger partial charge in [-0.25, -0.2) is 4.39 Å². The molecule has 0 saturated carbocycles. The highest BCUT2D eigenvalue weighted by Crippen LogP contribution is 2.23. The lowest BCUT2D eigenvalue weighted by atomic mass is 10.0. The van der Waals surface area contributed by atoms with Crippen LogP contribution in [-0.2, 0) is 0 Å². The molecule has 1 heterocycles. The summed E-state index contributed by atoms with van der Waals surface area (Å²) < 4.78 is 18.3. The molecule has 1 unspecified atom stereocenters. The van der Waals surface area contributed by atoms with Gasteiger partial charge in [-0.1, -0.05) is 0 Å². The molecule has 0 radical (unpaired) electrons. The van der Waals surface area contributed by atoms with Gasteiger partial charge < -0.3 is 15.4 Å². The van der Waals surface area contributed by atoms with Gasteiger partial charge in [-0.05, 0) is 37.5 Å². The largest absolute Gasteiger partial charge is 0.494 e. The first-order valence-corrected chi connectivity index (χ1v) is 6.52. The Bertz CT molecular complexity index is 465. The average molecular weight is 266 g/mol. The van der Waals surface area contributed by atoms with Gasteiger partial charge in [-0.15, -0.1) is 0 Å². The number of nitrogens with two attached hydrogens (primary N) is 1. The zero-order valence-corrected chi connectivity index (χ0v) is 11.1. The maximum atomic E-state index is 13.3. The van der Waals surface area contributed by atoms with E-state index in [-0.39, 0.29) is 17.7 Å². The minimum Gasteiger partial charge on any atom is -0.494 e. The number of piperidine rings is 1. The number of nitrogens with zero attached hydrogens (tertiary/aromatic N) is 1. The zero-order chi connectivity index (χ0) is 13.8. The number of amides is 1. The van der Waals surface area contributed by atoms with Crippen LogP contribution in [0.4, 0.5) is 4.39 Å². The van der Waals surface area contributed by atoms with Crippen molar-refractivity contribution in [1.29, 1.82) is 0 Å². The van der Waals surface area contributed by atoms with Crippen molar-refractivity contribution < 1.29 is 13.9 Å². The molecule has 1 saturated heterocycles. The molecule has 0 bridgehead atoms. The SMILES string of the molecule is COc1cc(C(=O)N2CCCCC2CN)ccc1F. The van der Waals surface area contributed by atoms with E-state index in [0.29, 0.717) is 18.7 Å². The van der Waals surface area contributed by atoms with Gasteiger partial charge in [-0.3, -0.25) is 4.79 Å². The topological polar surface area (TPSA) is 55.6 Å². The second-order valence-corrected chi connectivity index (χ2v) is 4.73. The number of hydrogen-bond acceptors (Lipinski definition) is 3. The lowest BCUT2D eigenvalue weighted by molar-refractivity contribution is 0.0623. The molecular weight excluding hydrogens is 247 g/mol. The van der Waals surface area contributed by atoms with Gasteiger partial charge in [0.1, 0.15) is 0 Å². The average Bonchev–Trinajstić information content (AvgIpc) is 2.47. The van der Waals surface area contributed by atoms with E-state index in [9.17, 15) is 9.18 Å². The highest BCUT2D eigenvalue weighted by molar-refractivity contribution is 5.95. The van der Waals surface area contributed by atoms with Crippen molar-refractivity contribution in [2.45, 2.75) is 25.3 Å². The highest BCUT2D eigenvalue weighted by Gasteiger charge is 2.26. The van der Waals surface area contributed by atoms with E-state index in [1.165, 1.54) is 25.3 Å². The number of carbonyl (C=O) groups is 1. The molecule has 2 N–H and O–H groups in total. The van der Waals surface area contributed by atoms with Crippen LogP contribution in [0.2, 0.25) is 0 Å². The number of benzene rings is 1. The highest BCUT2D eigenvalue weighted by atomic mass is 19.1. The molecule has 1 amide bonds. The van der Waals surface area contributed by atoms with Crippen LogP contribution in [0, 0.1) is 5.82 Å². The summed E-state index contributed by atoms with van der Waals surface area (Å²) in [6.07, 6.45) is 3.01. The molecule has 1 aliphatic rings. The van der Waals surface area contributed by atoms with Crippen LogP contribution < -0.4 is 10.5 Å². The Balaban J connectivity index is 2.22. The molecule has 1 aromatic carbocycles. The Morgan fingerprint density at radius 2 is 2.32 bits per heavy atom. The van der Waals surface area contributed by atoms with Gasteiger partial charge in [0.25, 0.3) is 5.91 Å². The number of ether oxygens (including phenoxy) is 1. The van der Waals surface area contributed by atoms with Gasteiger partial charge in [0.05, 0.1) is 7.11 Å². The quantitative estimate of drug-likeness (QED) is 0.907. The molecule has 0 aromatic heterocycles. The number of carbonyl (C=O) groups excluding carboxylic acids is 1. The van der Waals surface area contributed by atoms with Gasteiger partial charge in [0.15, 0.2) is 11.6 Å². The van der Waals surface area contributed by atoms with E-state index in [4.69, 9.17) is 10.5 Å². The van der Waals surface area contributed by atoms with Crippen LogP contribution in [-0.4, -0.2) is 37.0 Å². The van der Waals surface area contributed by atoms with Crippen LogP contribution in [0.5, 0.6) is 5.75 Å². The van der Waals surface area contributed by atoms with E-state index in [2.05, 4.69) is 0 Å². The van der Waals surface area contributed by atoms with Crippen LogP contribution in [0.25, 0.3) is 0 Å². The number of methoxy groups -OCH3 is 1. The van der Waals surface area contributed by atoms with Crippen molar-refractivity contribution in [2.24, 2.45) is 5.73 Å². The molecule has 2 rings (SSSR count). The summed E-state index contributed by atoms with van der Waals surface area (Å²) in [4.78, 5) is 14.2. The molecule has 104 valence electrons. The fourth-order valence-electron chi connectivity index (χ4n) is 2.47. The van der Waals surface area contributed by atoms with Gasteiger partial charge in [0.2, 0.25) is 0 Å². The maximum absolute atomic E-state index is 13.3. The predicted octanol–water partition coefficient (Wildman–Crippen LogP) is 1.79. The molecule has 1 atom stereocenters. The predicted molar refractivity (Wildman–Crippen MR) is 70.7 cm³/mol. The van der Waals surface area contributed by atoms with Crippen molar-refractivity contribution in [3.63, 3.8) is 0 Å². The third-order valence-corrected chi connectivity index (χ3v) is 3.56. The Morgan fingerprint density at radius 3 is 3.00 bits per heavy atom. The first-order valence-electron chi connectivity index (χ1n) is 6.52. The summed E-state index contributed by atoms with van der Waals surface area (Å²) in [5.74, 6) is -0.478. The van der Waals surface area contributed by atoms with E-state index in [1.54, 1.807) is 4.90 Å². The summed E-state index contributed by atoms with van der Waals surface area (Å²) in [6, 6.07) is 4.27. The van der Waals surface area contributed by atoms with Crippen LogP contribution >= 0.6 is 0 Å². The zero-order valence-electron chi connectivity index (χ0n) is 11.1. The second kappa shape index (κ2) is 6.02. The van der Waals surface area contributed by atoms with Crippen LogP contribution in [0.1, 0.15) is 29.6 Å². The molecule has 4 nitrogen and oxygen atoms in total. The first-order chi connectivity index (χ1) is 9.17. The molecule has 1 fully saturated rings. The third-order valence-electron chi connectivity index (χ3n) is 3.56. The molecule has 1 aromatic rings. The number of hydrogen-bond donors (Lipinski definition) is 1. The van der Waals surface area contributed by atoms with Crippen molar-refractivity contribution in [1.82, 2.24) is 4.90 Å². The van der Waals surface area contributed by atoms with Crippen molar-refractivity contribution >= 4 is 5.91 Å². The third kappa shape index (κ3) is 2.87. The second-order valence-electron chi connectivity index (χ2n) is 4.73. The van der Waals surface area contributed by atoms with Crippen LogP contribution in [0.15, 0.2) is 18.2 Å². The van der Waals surface area contributed by atoms with E-state index in [0.717, 1.165) is 19.3 Å². The Labute approximate surface area is 112 Å². The Kier molecular flexibility index (Phi) is 4.37.